The van der Waals surface area contributed by atoms with E-state index in [1.807, 2.05) is 30.3 Å². The van der Waals surface area contributed by atoms with Crippen LogP contribution in [0.2, 0.25) is 5.02 Å². The average molecular weight is 387 g/mol. The van der Waals surface area contributed by atoms with Gasteiger partial charge in [0.15, 0.2) is 0 Å². The zero-order valence-electron chi connectivity index (χ0n) is 14.7. The zero-order valence-corrected chi connectivity index (χ0v) is 15.5. The van der Waals surface area contributed by atoms with Crippen molar-refractivity contribution >= 4 is 23.6 Å². The maximum absolute atomic E-state index is 12.7. The molecule has 2 aromatic carbocycles. The summed E-state index contributed by atoms with van der Waals surface area (Å²) < 4.78 is 10.9. The Bertz CT molecular complexity index is 867. The van der Waals surface area contributed by atoms with Crippen LogP contribution in [-0.2, 0) is 9.53 Å². The number of para-hydroxylation sites is 1. The van der Waals surface area contributed by atoms with E-state index in [0.717, 1.165) is 0 Å². The number of halogens is 1. The normalized spacial score (nSPS) is 16.4. The Labute approximate surface area is 162 Å². The fourth-order valence-corrected chi connectivity index (χ4v) is 3.04. The van der Waals surface area contributed by atoms with Gasteiger partial charge in [0.05, 0.1) is 11.6 Å². The molecule has 1 heterocycles. The van der Waals surface area contributed by atoms with Crippen molar-refractivity contribution in [2.75, 3.05) is 13.2 Å². The number of amides is 2. The number of rotatable bonds is 6. The van der Waals surface area contributed by atoms with Crippen molar-refractivity contribution in [1.29, 1.82) is 0 Å². The maximum Gasteiger partial charge on any atom is 0.338 e. The molecule has 6 nitrogen and oxygen atoms in total. The topological polar surface area (TPSA) is 76.7 Å². The number of esters is 1. The fourth-order valence-electron chi connectivity index (χ4n) is 2.80. The molecule has 0 saturated heterocycles. The molecule has 1 aliphatic rings. The molecule has 2 aromatic rings. The fraction of sp³-hybridized carbons (Fsp3) is 0.200. The highest BCUT2D eigenvalue weighted by Gasteiger charge is 2.33. The lowest BCUT2D eigenvalue weighted by molar-refractivity contribution is -0.140. The molecule has 0 bridgehead atoms. The molecule has 2 N–H and O–H groups in total. The summed E-state index contributed by atoms with van der Waals surface area (Å²) in [6.07, 6.45) is 0. The molecule has 0 aromatic heterocycles. The lowest BCUT2D eigenvalue weighted by Crippen LogP contribution is -2.45. The summed E-state index contributed by atoms with van der Waals surface area (Å²) in [5.74, 6) is 0.158. The number of hydrogen-bond donors (Lipinski definition) is 2. The van der Waals surface area contributed by atoms with E-state index in [9.17, 15) is 9.59 Å². The molecule has 0 spiro atoms. The molecule has 0 aliphatic carbocycles. The molecule has 1 aliphatic heterocycles. The highest BCUT2D eigenvalue weighted by atomic mass is 35.5. The van der Waals surface area contributed by atoms with E-state index >= 15 is 0 Å². The summed E-state index contributed by atoms with van der Waals surface area (Å²) in [5, 5.41) is 5.78. The summed E-state index contributed by atoms with van der Waals surface area (Å²) in [6.45, 7) is 1.95. The Morgan fingerprint density at radius 1 is 1.07 bits per heavy atom. The van der Waals surface area contributed by atoms with Crippen molar-refractivity contribution in [3.63, 3.8) is 0 Å². The first-order chi connectivity index (χ1) is 13.1. The first kappa shape index (κ1) is 18.8. The third-order valence-electron chi connectivity index (χ3n) is 4.03. The molecular formula is C20H19ClN2O4. The van der Waals surface area contributed by atoms with Crippen molar-refractivity contribution < 1.29 is 19.1 Å². The number of benzene rings is 2. The van der Waals surface area contributed by atoms with Crippen LogP contribution in [0.3, 0.4) is 0 Å². The molecule has 1 atom stereocenters. The van der Waals surface area contributed by atoms with Gasteiger partial charge in [0.1, 0.15) is 19.0 Å². The first-order valence-electron chi connectivity index (χ1n) is 8.44. The molecule has 0 radical (unpaired) electrons. The largest absolute Gasteiger partial charge is 0.490 e. The molecule has 0 saturated carbocycles. The summed E-state index contributed by atoms with van der Waals surface area (Å²) in [7, 11) is 0. The van der Waals surface area contributed by atoms with Crippen LogP contribution >= 0.6 is 11.6 Å². The van der Waals surface area contributed by atoms with Crippen LogP contribution in [0.25, 0.3) is 0 Å². The number of allylic oxidation sites excluding steroid dienone is 1. The third-order valence-corrected chi connectivity index (χ3v) is 4.38. The van der Waals surface area contributed by atoms with E-state index in [0.29, 0.717) is 27.6 Å². The van der Waals surface area contributed by atoms with Gasteiger partial charge in [0.2, 0.25) is 0 Å². The van der Waals surface area contributed by atoms with Crippen LogP contribution in [0.5, 0.6) is 5.75 Å². The monoisotopic (exact) mass is 386 g/mol. The van der Waals surface area contributed by atoms with Crippen LogP contribution in [0.4, 0.5) is 4.79 Å². The number of carbonyl (C=O) groups is 2. The summed E-state index contributed by atoms with van der Waals surface area (Å²) in [4.78, 5) is 24.5. The number of urea groups is 1. The Balaban J connectivity index is 1.69. The highest BCUT2D eigenvalue weighted by molar-refractivity contribution is 6.31. The highest BCUT2D eigenvalue weighted by Crippen LogP contribution is 2.31. The van der Waals surface area contributed by atoms with Crippen molar-refractivity contribution in [2.45, 2.75) is 13.0 Å². The van der Waals surface area contributed by atoms with E-state index in [4.69, 9.17) is 21.1 Å². The molecule has 7 heteroatoms. The average Bonchev–Trinajstić information content (AvgIpc) is 2.65. The smallest absolute Gasteiger partial charge is 0.338 e. The Kier molecular flexibility index (Phi) is 5.98. The van der Waals surface area contributed by atoms with Gasteiger partial charge in [0.25, 0.3) is 0 Å². The number of carbonyl (C=O) groups excluding carboxylic acids is 2. The number of ether oxygens (including phenoxy) is 2. The second-order valence-electron chi connectivity index (χ2n) is 5.89. The number of hydrogen-bond acceptors (Lipinski definition) is 4. The molecule has 1 unspecified atom stereocenters. The molecule has 140 valence electrons. The van der Waals surface area contributed by atoms with Crippen molar-refractivity contribution in [1.82, 2.24) is 10.6 Å². The SMILES string of the molecule is CC1=C(C(=O)OCCOc2ccccc2)C(c2ccccc2Cl)NC(=O)N1. The van der Waals surface area contributed by atoms with Crippen molar-refractivity contribution in [3.05, 3.63) is 76.5 Å². The summed E-state index contributed by atoms with van der Waals surface area (Å²) in [6, 6.07) is 15.2. The van der Waals surface area contributed by atoms with Gasteiger partial charge in [-0.25, -0.2) is 9.59 Å². The quantitative estimate of drug-likeness (QED) is 0.587. The van der Waals surface area contributed by atoms with Gasteiger partial charge in [-0.3, -0.25) is 0 Å². The van der Waals surface area contributed by atoms with Crippen LogP contribution in [0, 0.1) is 0 Å². The second-order valence-corrected chi connectivity index (χ2v) is 6.30. The van der Waals surface area contributed by atoms with E-state index in [2.05, 4.69) is 10.6 Å². The van der Waals surface area contributed by atoms with Gasteiger partial charge < -0.3 is 20.1 Å². The zero-order chi connectivity index (χ0) is 19.2. The molecule has 3 rings (SSSR count). The Morgan fingerprint density at radius 2 is 1.78 bits per heavy atom. The second kappa shape index (κ2) is 8.60. The van der Waals surface area contributed by atoms with E-state index < -0.39 is 18.0 Å². The van der Waals surface area contributed by atoms with Gasteiger partial charge in [-0.2, -0.15) is 0 Å². The van der Waals surface area contributed by atoms with Gasteiger partial charge in [-0.05, 0) is 30.7 Å². The molecule has 27 heavy (non-hydrogen) atoms. The third kappa shape index (κ3) is 4.60. The van der Waals surface area contributed by atoms with Gasteiger partial charge in [-0.1, -0.05) is 48.0 Å². The van der Waals surface area contributed by atoms with E-state index in [1.165, 1.54) is 0 Å². The lowest BCUT2D eigenvalue weighted by Gasteiger charge is -2.28. The number of nitrogens with one attached hydrogen (secondary N) is 2. The Hall–Kier alpha value is -2.99. The van der Waals surface area contributed by atoms with Gasteiger partial charge >= 0.3 is 12.0 Å². The standard InChI is InChI=1S/C20H19ClN2O4/c1-13-17(19(24)27-12-11-26-14-7-3-2-4-8-14)18(23-20(25)22-13)15-9-5-6-10-16(15)21/h2-10,18H,11-12H2,1H3,(H2,22,23,25). The van der Waals surface area contributed by atoms with Crippen LogP contribution in [-0.4, -0.2) is 25.2 Å². The van der Waals surface area contributed by atoms with Crippen molar-refractivity contribution in [3.8, 4) is 5.75 Å². The predicted octanol–water partition coefficient (Wildman–Crippen LogP) is 3.59. The van der Waals surface area contributed by atoms with E-state index in [1.54, 1.807) is 31.2 Å². The van der Waals surface area contributed by atoms with Crippen LogP contribution in [0.1, 0.15) is 18.5 Å². The predicted molar refractivity (Wildman–Crippen MR) is 101 cm³/mol. The minimum atomic E-state index is -0.685. The molecule has 0 fully saturated rings. The minimum Gasteiger partial charge on any atom is -0.490 e. The van der Waals surface area contributed by atoms with Crippen molar-refractivity contribution in [2.24, 2.45) is 0 Å². The Morgan fingerprint density at radius 3 is 2.52 bits per heavy atom. The minimum absolute atomic E-state index is 0.0771. The van der Waals surface area contributed by atoms with Crippen LogP contribution in [0.15, 0.2) is 65.9 Å². The lowest BCUT2D eigenvalue weighted by atomic mass is 9.95. The molecule has 2 amide bonds. The van der Waals surface area contributed by atoms with Gasteiger partial charge in [0, 0.05) is 10.7 Å². The maximum atomic E-state index is 12.7. The van der Waals surface area contributed by atoms with Gasteiger partial charge in [-0.15, -0.1) is 0 Å². The first-order valence-corrected chi connectivity index (χ1v) is 8.81. The molecular weight excluding hydrogens is 368 g/mol. The van der Waals surface area contributed by atoms with E-state index in [-0.39, 0.29) is 13.2 Å². The summed E-state index contributed by atoms with van der Waals surface area (Å²) in [5.41, 5.74) is 1.36. The van der Waals surface area contributed by atoms with Crippen LogP contribution < -0.4 is 15.4 Å². The summed E-state index contributed by atoms with van der Waals surface area (Å²) >= 11 is 6.25.